The van der Waals surface area contributed by atoms with Crippen LogP contribution in [-0.2, 0) is 28.8 Å². The summed E-state index contributed by atoms with van der Waals surface area (Å²) in [6, 6.07) is -5.00. The minimum absolute atomic E-state index is 0.0340. The number of nitrogens with two attached hydrogens (primary N) is 6. The van der Waals surface area contributed by atoms with Crippen LogP contribution in [-0.4, -0.2) is 83.8 Å². The molecule has 0 aliphatic carbocycles. The maximum atomic E-state index is 13.0. The summed E-state index contributed by atoms with van der Waals surface area (Å²) in [6.07, 6.45) is 0.673. The molecule has 0 rings (SSSR count). The van der Waals surface area contributed by atoms with Crippen LogP contribution in [0, 0.1) is 0 Å². The van der Waals surface area contributed by atoms with Crippen molar-refractivity contribution in [2.24, 2.45) is 39.4 Å². The number of carbonyl (C=O) groups excluding carboxylic acids is 5. The van der Waals surface area contributed by atoms with Crippen LogP contribution in [0.5, 0.6) is 0 Å². The molecule has 0 saturated carbocycles. The number of rotatable bonds is 21. The van der Waals surface area contributed by atoms with Crippen molar-refractivity contribution in [1.82, 2.24) is 16.0 Å². The van der Waals surface area contributed by atoms with Crippen LogP contribution in [0.1, 0.15) is 57.8 Å². The van der Waals surface area contributed by atoms with Crippen molar-refractivity contribution >= 4 is 41.5 Å². The number of guanidine groups is 1. The highest BCUT2D eigenvalue weighted by molar-refractivity contribution is 5.94. The van der Waals surface area contributed by atoms with Gasteiger partial charge < -0.3 is 55.5 Å². The van der Waals surface area contributed by atoms with Crippen LogP contribution in [0.3, 0.4) is 0 Å². The lowest BCUT2D eigenvalue weighted by atomic mass is 10.0. The van der Waals surface area contributed by atoms with Gasteiger partial charge in [-0.25, -0.2) is 4.79 Å². The minimum atomic E-state index is -1.39. The number of unbranched alkanes of at least 4 members (excludes halogenated alkanes) is 1. The SMILES string of the molecule is NCCCCC(N)C(=O)NC(CCC(N)=O)C(=O)NC(CCC(N)=O)C(=O)NC(CCCN=C(N)N)C(=O)O. The molecule has 0 aromatic carbocycles. The third-order valence-electron chi connectivity index (χ3n) is 5.49. The maximum Gasteiger partial charge on any atom is 0.326 e. The zero-order valence-corrected chi connectivity index (χ0v) is 21.9. The first kappa shape index (κ1) is 35.0. The molecule has 0 aliphatic heterocycles. The van der Waals surface area contributed by atoms with Gasteiger partial charge in [-0.1, -0.05) is 6.42 Å². The Kier molecular flexibility index (Phi) is 17.2. The number of carboxylic acid groups (broad SMARTS) is 1. The molecule has 0 heterocycles. The van der Waals surface area contributed by atoms with E-state index in [1.54, 1.807) is 0 Å². The van der Waals surface area contributed by atoms with Gasteiger partial charge >= 0.3 is 5.97 Å². The van der Waals surface area contributed by atoms with Crippen molar-refractivity contribution in [3.63, 3.8) is 0 Å². The average molecular weight is 559 g/mol. The lowest BCUT2D eigenvalue weighted by Crippen LogP contribution is -2.57. The average Bonchev–Trinajstić information content (AvgIpc) is 2.85. The quantitative estimate of drug-likeness (QED) is 0.0364. The van der Waals surface area contributed by atoms with Gasteiger partial charge in [0.05, 0.1) is 6.04 Å². The lowest BCUT2D eigenvalue weighted by Gasteiger charge is -2.25. The largest absolute Gasteiger partial charge is 0.480 e. The summed E-state index contributed by atoms with van der Waals surface area (Å²) in [5.41, 5.74) is 32.1. The molecule has 0 aromatic heterocycles. The summed E-state index contributed by atoms with van der Waals surface area (Å²) in [4.78, 5) is 76.5. The number of nitrogens with one attached hydrogen (secondary N) is 3. The van der Waals surface area contributed by atoms with E-state index in [1.807, 2.05) is 0 Å². The van der Waals surface area contributed by atoms with Crippen molar-refractivity contribution in [3.8, 4) is 0 Å². The van der Waals surface area contributed by atoms with Crippen molar-refractivity contribution in [2.75, 3.05) is 13.1 Å². The number of nitrogens with zero attached hydrogens (tertiary/aromatic N) is 1. The number of carbonyl (C=O) groups is 6. The Morgan fingerprint density at radius 2 is 1.15 bits per heavy atom. The van der Waals surface area contributed by atoms with Gasteiger partial charge in [-0.2, -0.15) is 0 Å². The fourth-order valence-electron chi connectivity index (χ4n) is 3.33. The fraction of sp³-hybridized carbons (Fsp3) is 0.682. The second-order valence-corrected chi connectivity index (χ2v) is 8.87. The molecule has 0 radical (unpaired) electrons. The highest BCUT2D eigenvalue weighted by atomic mass is 16.4. The molecule has 222 valence electrons. The number of hydrogen-bond acceptors (Lipinski definition) is 9. The van der Waals surface area contributed by atoms with E-state index in [-0.39, 0.29) is 51.0 Å². The summed E-state index contributed by atoms with van der Waals surface area (Å²) in [6.45, 7) is 0.547. The summed E-state index contributed by atoms with van der Waals surface area (Å²) < 4.78 is 0. The van der Waals surface area contributed by atoms with Gasteiger partial charge in [0.25, 0.3) is 0 Å². The molecule has 0 spiro atoms. The molecule has 5 amide bonds. The number of aliphatic imine (C=N–C) groups is 1. The zero-order chi connectivity index (χ0) is 30.0. The van der Waals surface area contributed by atoms with Crippen molar-refractivity contribution in [3.05, 3.63) is 0 Å². The summed E-state index contributed by atoms with van der Waals surface area (Å²) in [5, 5.41) is 16.6. The monoisotopic (exact) mass is 558 g/mol. The highest BCUT2D eigenvalue weighted by Gasteiger charge is 2.30. The fourth-order valence-corrected chi connectivity index (χ4v) is 3.33. The van der Waals surface area contributed by atoms with E-state index in [2.05, 4.69) is 20.9 Å². The van der Waals surface area contributed by atoms with Gasteiger partial charge in [0.15, 0.2) is 5.96 Å². The Morgan fingerprint density at radius 3 is 1.59 bits per heavy atom. The van der Waals surface area contributed by atoms with Gasteiger partial charge in [-0.05, 0) is 45.1 Å². The lowest BCUT2D eigenvalue weighted by molar-refractivity contribution is -0.142. The molecule has 4 unspecified atom stereocenters. The Hall–Kier alpha value is -3.99. The van der Waals surface area contributed by atoms with Crippen LogP contribution in [0.2, 0.25) is 0 Å². The third kappa shape index (κ3) is 16.5. The van der Waals surface area contributed by atoms with E-state index in [4.69, 9.17) is 34.4 Å². The van der Waals surface area contributed by atoms with Crippen LogP contribution in [0.15, 0.2) is 4.99 Å². The van der Waals surface area contributed by atoms with E-state index in [9.17, 15) is 33.9 Å². The number of amides is 5. The normalized spacial score (nSPS) is 13.7. The number of carboxylic acids is 1. The van der Waals surface area contributed by atoms with E-state index in [0.29, 0.717) is 25.8 Å². The first-order valence-electron chi connectivity index (χ1n) is 12.5. The standard InChI is InChI=1S/C22H42N10O7/c23-10-2-1-4-12(24)18(35)30-13(6-8-16(25)33)19(36)31-14(7-9-17(26)34)20(37)32-15(21(38)39)5-3-11-29-22(27)28/h12-15H,1-11,23-24H2,(H2,25,33)(H2,26,34)(H,30,35)(H,31,36)(H,32,37)(H,38,39)(H4,27,28,29). The molecule has 16 N–H and O–H groups in total. The summed E-state index contributed by atoms with van der Waals surface area (Å²) in [7, 11) is 0. The van der Waals surface area contributed by atoms with Gasteiger partial charge in [0.1, 0.15) is 18.1 Å². The van der Waals surface area contributed by atoms with Crippen LogP contribution in [0.25, 0.3) is 0 Å². The predicted molar refractivity (Wildman–Crippen MR) is 141 cm³/mol. The predicted octanol–water partition coefficient (Wildman–Crippen LogP) is -4.43. The number of primary amides is 2. The number of hydrogen-bond donors (Lipinski definition) is 10. The smallest absolute Gasteiger partial charge is 0.326 e. The van der Waals surface area contributed by atoms with Gasteiger partial charge in [0, 0.05) is 19.4 Å². The minimum Gasteiger partial charge on any atom is -0.480 e. The summed E-state index contributed by atoms with van der Waals surface area (Å²) >= 11 is 0. The molecular formula is C22H42N10O7. The third-order valence-corrected chi connectivity index (χ3v) is 5.49. The van der Waals surface area contributed by atoms with Crippen LogP contribution in [0.4, 0.5) is 0 Å². The molecular weight excluding hydrogens is 516 g/mol. The second-order valence-electron chi connectivity index (χ2n) is 8.87. The molecule has 0 aromatic rings. The Labute approximate surface area is 226 Å². The van der Waals surface area contributed by atoms with Gasteiger partial charge in [-0.15, -0.1) is 0 Å². The molecule has 0 aliphatic rings. The van der Waals surface area contributed by atoms with Crippen molar-refractivity contribution in [1.29, 1.82) is 0 Å². The molecule has 17 heteroatoms. The molecule has 0 fully saturated rings. The van der Waals surface area contributed by atoms with E-state index in [0.717, 1.165) is 0 Å². The van der Waals surface area contributed by atoms with E-state index >= 15 is 0 Å². The Balaban J connectivity index is 5.57. The highest BCUT2D eigenvalue weighted by Crippen LogP contribution is 2.06. The molecule has 0 bridgehead atoms. The Bertz CT molecular complexity index is 879. The van der Waals surface area contributed by atoms with E-state index in [1.165, 1.54) is 0 Å². The molecule has 4 atom stereocenters. The van der Waals surface area contributed by atoms with Gasteiger partial charge in [-0.3, -0.25) is 29.0 Å². The maximum absolute atomic E-state index is 13.0. The molecule has 0 saturated heterocycles. The Morgan fingerprint density at radius 1 is 0.667 bits per heavy atom. The second kappa shape index (κ2) is 19.1. The van der Waals surface area contributed by atoms with Crippen molar-refractivity contribution < 1.29 is 33.9 Å². The van der Waals surface area contributed by atoms with Gasteiger partial charge in [0.2, 0.25) is 29.5 Å². The molecule has 39 heavy (non-hydrogen) atoms. The van der Waals surface area contributed by atoms with E-state index < -0.39 is 59.7 Å². The van der Waals surface area contributed by atoms with Crippen molar-refractivity contribution in [2.45, 2.75) is 82.0 Å². The first-order chi connectivity index (χ1) is 18.3. The first-order valence-corrected chi connectivity index (χ1v) is 12.5. The topological polar surface area (TPSA) is 327 Å². The zero-order valence-electron chi connectivity index (χ0n) is 21.9. The van der Waals surface area contributed by atoms with Crippen LogP contribution < -0.4 is 50.4 Å². The van der Waals surface area contributed by atoms with Crippen LogP contribution >= 0.6 is 0 Å². The summed E-state index contributed by atoms with van der Waals surface area (Å²) in [5.74, 6) is -5.46. The molecule has 17 nitrogen and oxygen atoms in total. The number of aliphatic carboxylic acids is 1.